The molecule has 0 saturated carbocycles. The predicted molar refractivity (Wildman–Crippen MR) is 84.6 cm³/mol. The van der Waals surface area contributed by atoms with Crippen molar-refractivity contribution in [1.29, 1.82) is 0 Å². The van der Waals surface area contributed by atoms with Crippen LogP contribution < -0.4 is 10.7 Å². The molecule has 0 aliphatic carbocycles. The third-order valence-corrected chi connectivity index (χ3v) is 2.68. The van der Waals surface area contributed by atoms with E-state index in [9.17, 15) is 0 Å². The van der Waals surface area contributed by atoms with Crippen LogP contribution >= 0.6 is 12.2 Å². The molecule has 0 bridgehead atoms. The Kier molecular flexibility index (Phi) is 4.64. The molecule has 0 amide bonds. The molecule has 2 aromatic rings. The number of anilines is 1. The van der Waals surface area contributed by atoms with Crippen molar-refractivity contribution < 1.29 is 0 Å². The molecule has 0 radical (unpaired) electrons. The Morgan fingerprint density at radius 3 is 2.42 bits per heavy atom. The molecule has 0 heterocycles. The highest BCUT2D eigenvalue weighted by Gasteiger charge is 1.94. The van der Waals surface area contributed by atoms with Crippen molar-refractivity contribution in [1.82, 2.24) is 5.43 Å². The second kappa shape index (κ2) is 6.66. The standard InChI is InChI=1S/C15H15N3S/c1-12-7-9-13(10-8-12)11-16-18-15(19)17-14-5-3-2-4-6-14/h2-11H,1H3,(H2,17,18,19)/b16-11-. The fourth-order valence-electron chi connectivity index (χ4n) is 1.50. The zero-order chi connectivity index (χ0) is 13.5. The fourth-order valence-corrected chi connectivity index (χ4v) is 1.67. The number of thiocarbonyl (C=S) groups is 1. The molecule has 2 rings (SSSR count). The number of nitrogens with zero attached hydrogens (tertiary/aromatic N) is 1. The zero-order valence-corrected chi connectivity index (χ0v) is 11.4. The van der Waals surface area contributed by atoms with E-state index in [1.807, 2.05) is 54.6 Å². The monoisotopic (exact) mass is 269 g/mol. The van der Waals surface area contributed by atoms with E-state index in [-0.39, 0.29) is 0 Å². The average molecular weight is 269 g/mol. The summed E-state index contributed by atoms with van der Waals surface area (Å²) in [5.74, 6) is 0. The van der Waals surface area contributed by atoms with Crippen LogP contribution in [-0.4, -0.2) is 11.3 Å². The van der Waals surface area contributed by atoms with Gasteiger partial charge in [-0.3, -0.25) is 5.43 Å². The van der Waals surface area contributed by atoms with Gasteiger partial charge in [0.1, 0.15) is 0 Å². The molecule has 0 aromatic heterocycles. The second-order valence-corrected chi connectivity index (χ2v) is 4.51. The smallest absolute Gasteiger partial charge is 0.191 e. The number of hydrazone groups is 1. The van der Waals surface area contributed by atoms with Gasteiger partial charge in [-0.25, -0.2) is 0 Å². The van der Waals surface area contributed by atoms with E-state index in [4.69, 9.17) is 12.2 Å². The molecule has 3 nitrogen and oxygen atoms in total. The molecule has 2 N–H and O–H groups in total. The van der Waals surface area contributed by atoms with Crippen LogP contribution in [0, 0.1) is 6.92 Å². The lowest BCUT2D eigenvalue weighted by molar-refractivity contribution is 1.05. The van der Waals surface area contributed by atoms with Crippen LogP contribution in [0.5, 0.6) is 0 Å². The lowest BCUT2D eigenvalue weighted by atomic mass is 10.2. The summed E-state index contributed by atoms with van der Waals surface area (Å²) in [7, 11) is 0. The normalized spacial score (nSPS) is 10.4. The van der Waals surface area contributed by atoms with Gasteiger partial charge in [0, 0.05) is 5.69 Å². The van der Waals surface area contributed by atoms with E-state index in [0.717, 1.165) is 11.3 Å². The Morgan fingerprint density at radius 2 is 1.74 bits per heavy atom. The second-order valence-electron chi connectivity index (χ2n) is 4.10. The number of hydrogen-bond donors (Lipinski definition) is 2. The highest BCUT2D eigenvalue weighted by atomic mass is 32.1. The minimum atomic E-state index is 0.467. The minimum absolute atomic E-state index is 0.467. The van der Waals surface area contributed by atoms with Gasteiger partial charge >= 0.3 is 0 Å². The van der Waals surface area contributed by atoms with Crippen molar-refractivity contribution in [3.05, 3.63) is 65.7 Å². The molecular formula is C15H15N3S. The molecular weight excluding hydrogens is 254 g/mol. The Balaban J connectivity index is 1.85. The summed E-state index contributed by atoms with van der Waals surface area (Å²) in [6.07, 6.45) is 1.73. The Morgan fingerprint density at radius 1 is 1.05 bits per heavy atom. The summed E-state index contributed by atoms with van der Waals surface area (Å²) in [6, 6.07) is 17.8. The maximum absolute atomic E-state index is 5.14. The number of nitrogens with one attached hydrogen (secondary N) is 2. The van der Waals surface area contributed by atoms with E-state index >= 15 is 0 Å². The van der Waals surface area contributed by atoms with Crippen molar-refractivity contribution in [3.8, 4) is 0 Å². The number of hydrogen-bond acceptors (Lipinski definition) is 2. The molecule has 0 saturated heterocycles. The van der Waals surface area contributed by atoms with Crippen LogP contribution in [0.25, 0.3) is 0 Å². The van der Waals surface area contributed by atoms with E-state index in [1.165, 1.54) is 5.56 Å². The van der Waals surface area contributed by atoms with E-state index in [0.29, 0.717) is 5.11 Å². The third kappa shape index (κ3) is 4.52. The molecule has 2 aromatic carbocycles. The molecule has 96 valence electrons. The molecule has 4 heteroatoms. The van der Waals surface area contributed by atoms with E-state index in [1.54, 1.807) is 6.21 Å². The third-order valence-electron chi connectivity index (χ3n) is 2.49. The maximum Gasteiger partial charge on any atom is 0.191 e. The Hall–Kier alpha value is -2.20. The van der Waals surface area contributed by atoms with Gasteiger partial charge in [0.25, 0.3) is 0 Å². The first-order chi connectivity index (χ1) is 9.24. The maximum atomic E-state index is 5.14. The van der Waals surface area contributed by atoms with Gasteiger partial charge in [0.2, 0.25) is 0 Å². The molecule has 0 aliphatic rings. The predicted octanol–water partition coefficient (Wildman–Crippen LogP) is 3.32. The van der Waals surface area contributed by atoms with E-state index < -0.39 is 0 Å². The minimum Gasteiger partial charge on any atom is -0.331 e. The summed E-state index contributed by atoms with van der Waals surface area (Å²) in [5.41, 5.74) is 5.98. The van der Waals surface area contributed by atoms with E-state index in [2.05, 4.69) is 22.8 Å². The van der Waals surface area contributed by atoms with Gasteiger partial charge in [0.15, 0.2) is 5.11 Å². The highest BCUT2D eigenvalue weighted by molar-refractivity contribution is 7.80. The summed E-state index contributed by atoms with van der Waals surface area (Å²) in [5, 5.41) is 7.60. The lowest BCUT2D eigenvalue weighted by Gasteiger charge is -2.06. The number of benzene rings is 2. The van der Waals surface area contributed by atoms with Crippen LogP contribution in [0.15, 0.2) is 59.7 Å². The average Bonchev–Trinajstić information content (AvgIpc) is 2.42. The zero-order valence-electron chi connectivity index (χ0n) is 10.6. The lowest BCUT2D eigenvalue weighted by Crippen LogP contribution is -2.23. The van der Waals surface area contributed by atoms with Gasteiger partial charge in [-0.2, -0.15) is 5.10 Å². The highest BCUT2D eigenvalue weighted by Crippen LogP contribution is 2.04. The van der Waals surface area contributed by atoms with Gasteiger partial charge in [-0.05, 0) is 36.8 Å². The summed E-state index contributed by atoms with van der Waals surface area (Å²) >= 11 is 5.14. The molecule has 19 heavy (non-hydrogen) atoms. The molecule has 0 aliphatic heterocycles. The molecule has 0 unspecified atom stereocenters. The summed E-state index contributed by atoms with van der Waals surface area (Å²) < 4.78 is 0. The van der Waals surface area contributed by atoms with Crippen molar-refractivity contribution >= 4 is 29.2 Å². The van der Waals surface area contributed by atoms with Gasteiger partial charge < -0.3 is 5.32 Å². The number of para-hydroxylation sites is 1. The SMILES string of the molecule is Cc1ccc(/C=N\NC(=S)Nc2ccccc2)cc1. The Bertz CT molecular complexity index is 562. The van der Waals surface area contributed by atoms with Crippen molar-refractivity contribution in [2.45, 2.75) is 6.92 Å². The largest absolute Gasteiger partial charge is 0.331 e. The van der Waals surface area contributed by atoms with Crippen molar-refractivity contribution in [3.63, 3.8) is 0 Å². The van der Waals surface area contributed by atoms with Crippen LogP contribution in [-0.2, 0) is 0 Å². The Labute approximate surface area is 118 Å². The first kappa shape index (κ1) is 13.2. The molecule has 0 spiro atoms. The number of rotatable bonds is 3. The quantitative estimate of drug-likeness (QED) is 0.510. The number of aryl methyl sites for hydroxylation is 1. The molecule has 0 atom stereocenters. The van der Waals surface area contributed by atoms with Crippen LogP contribution in [0.4, 0.5) is 5.69 Å². The fraction of sp³-hybridized carbons (Fsp3) is 0.0667. The van der Waals surface area contributed by atoms with Crippen LogP contribution in [0.2, 0.25) is 0 Å². The van der Waals surface area contributed by atoms with Crippen LogP contribution in [0.1, 0.15) is 11.1 Å². The van der Waals surface area contributed by atoms with Crippen LogP contribution in [0.3, 0.4) is 0 Å². The first-order valence-corrected chi connectivity index (χ1v) is 6.36. The van der Waals surface area contributed by atoms with Crippen molar-refractivity contribution in [2.75, 3.05) is 5.32 Å². The summed E-state index contributed by atoms with van der Waals surface area (Å²) in [4.78, 5) is 0. The van der Waals surface area contributed by atoms with Gasteiger partial charge in [-0.1, -0.05) is 48.0 Å². The topological polar surface area (TPSA) is 36.4 Å². The first-order valence-electron chi connectivity index (χ1n) is 5.96. The van der Waals surface area contributed by atoms with Crippen molar-refractivity contribution in [2.24, 2.45) is 5.10 Å². The van der Waals surface area contributed by atoms with Gasteiger partial charge in [-0.15, -0.1) is 0 Å². The van der Waals surface area contributed by atoms with Gasteiger partial charge in [0.05, 0.1) is 6.21 Å². The summed E-state index contributed by atoms with van der Waals surface area (Å²) in [6.45, 7) is 2.05. The molecule has 0 fully saturated rings.